The second kappa shape index (κ2) is 2.60. The summed E-state index contributed by atoms with van der Waals surface area (Å²) < 4.78 is 0. The summed E-state index contributed by atoms with van der Waals surface area (Å²) in [6, 6.07) is 7.42. The van der Waals surface area contributed by atoms with Crippen LogP contribution < -0.4 is 10.6 Å². The molecule has 0 aromatic heterocycles. The molecule has 0 atom stereocenters. The number of amides is 1. The Balaban J connectivity index is 2.87. The predicted octanol–water partition coefficient (Wildman–Crippen LogP) is -0.00320. The van der Waals surface area contributed by atoms with Crippen molar-refractivity contribution in [2.24, 2.45) is 4.99 Å². The number of hydrogen-bond donors (Lipinski definition) is 0. The van der Waals surface area contributed by atoms with Crippen molar-refractivity contribution < 1.29 is 4.79 Å². The van der Waals surface area contributed by atoms with Crippen molar-refractivity contribution in [2.75, 3.05) is 0 Å². The summed E-state index contributed by atoms with van der Waals surface area (Å²) in [7, 11) is 0. The highest BCUT2D eigenvalue weighted by atomic mass is 32.1. The molecule has 0 bridgehead atoms. The van der Waals surface area contributed by atoms with Crippen molar-refractivity contribution in [2.45, 2.75) is 0 Å². The fraction of sp³-hybridized carbons (Fsp3) is 0. The summed E-state index contributed by atoms with van der Waals surface area (Å²) in [5.41, 5.74) is 0. The number of para-hydroxylation sites is 1. The first-order chi connectivity index (χ1) is 5.77. The van der Waals surface area contributed by atoms with Crippen LogP contribution in [0.2, 0.25) is 0 Å². The number of carbonyl (C=O) groups excluding carboxylic acids is 1. The SMILES string of the molecule is O=C1N=c2ccccc2=CC1=S. The molecular formula is C9H5NOS. The van der Waals surface area contributed by atoms with Crippen LogP contribution in [-0.4, -0.2) is 10.8 Å². The zero-order valence-corrected chi connectivity index (χ0v) is 6.97. The fourth-order valence-electron chi connectivity index (χ4n) is 1.08. The maximum absolute atomic E-state index is 11.0. The monoisotopic (exact) mass is 175 g/mol. The molecule has 3 heteroatoms. The second-order valence-corrected chi connectivity index (χ2v) is 2.92. The smallest absolute Gasteiger partial charge is 0.266 e. The Hall–Kier alpha value is -1.35. The summed E-state index contributed by atoms with van der Waals surface area (Å²) in [4.78, 5) is 15.1. The van der Waals surface area contributed by atoms with E-state index in [9.17, 15) is 4.79 Å². The topological polar surface area (TPSA) is 29.4 Å². The summed E-state index contributed by atoms with van der Waals surface area (Å²) in [6.07, 6.45) is 1.68. The quantitative estimate of drug-likeness (QED) is 0.519. The molecule has 0 radical (unpaired) electrons. The van der Waals surface area contributed by atoms with Gasteiger partial charge in [0.2, 0.25) is 0 Å². The molecule has 1 aromatic rings. The molecule has 1 aromatic carbocycles. The minimum absolute atomic E-state index is 0.286. The lowest BCUT2D eigenvalue weighted by atomic mass is 10.2. The molecule has 0 saturated heterocycles. The Morgan fingerprint density at radius 3 is 2.83 bits per heavy atom. The number of nitrogens with zero attached hydrogens (tertiary/aromatic N) is 1. The average molecular weight is 175 g/mol. The van der Waals surface area contributed by atoms with Crippen LogP contribution in [0.5, 0.6) is 0 Å². The Bertz CT molecular complexity index is 431. The molecule has 0 fully saturated rings. The fourth-order valence-corrected chi connectivity index (χ4v) is 1.25. The van der Waals surface area contributed by atoms with E-state index >= 15 is 0 Å². The highest BCUT2D eigenvalue weighted by Crippen LogP contribution is 1.88. The third kappa shape index (κ3) is 1.08. The van der Waals surface area contributed by atoms with Gasteiger partial charge in [-0.05, 0) is 12.1 Å². The van der Waals surface area contributed by atoms with Crippen molar-refractivity contribution in [3.05, 3.63) is 34.8 Å². The normalized spacial score (nSPS) is 14.7. The summed E-state index contributed by atoms with van der Waals surface area (Å²) in [5, 5.41) is 1.62. The first-order valence-electron chi connectivity index (χ1n) is 3.51. The lowest BCUT2D eigenvalue weighted by Gasteiger charge is -1.97. The van der Waals surface area contributed by atoms with Gasteiger partial charge >= 0.3 is 0 Å². The van der Waals surface area contributed by atoms with Gasteiger partial charge in [0.05, 0.1) is 5.36 Å². The number of benzene rings is 1. The van der Waals surface area contributed by atoms with Crippen LogP contribution in [0, 0.1) is 0 Å². The maximum atomic E-state index is 11.0. The van der Waals surface area contributed by atoms with Crippen molar-refractivity contribution >= 4 is 29.1 Å². The molecule has 0 aliphatic carbocycles. The number of fused-ring (bicyclic) bond motifs is 1. The molecule has 0 N–H and O–H groups in total. The van der Waals surface area contributed by atoms with Gasteiger partial charge in [-0.1, -0.05) is 30.4 Å². The van der Waals surface area contributed by atoms with Gasteiger partial charge in [0.25, 0.3) is 5.91 Å². The first-order valence-corrected chi connectivity index (χ1v) is 3.92. The maximum Gasteiger partial charge on any atom is 0.288 e. The number of rotatable bonds is 0. The highest BCUT2D eigenvalue weighted by molar-refractivity contribution is 7.83. The number of hydrogen-bond acceptors (Lipinski definition) is 2. The van der Waals surface area contributed by atoms with Crippen molar-refractivity contribution in [1.82, 2.24) is 0 Å². The molecular weight excluding hydrogens is 170 g/mol. The molecule has 0 spiro atoms. The van der Waals surface area contributed by atoms with Gasteiger partial charge in [0.15, 0.2) is 0 Å². The zero-order valence-electron chi connectivity index (χ0n) is 6.15. The second-order valence-electron chi connectivity index (χ2n) is 2.48. The van der Waals surface area contributed by atoms with Crippen LogP contribution in [0.25, 0.3) is 6.08 Å². The van der Waals surface area contributed by atoms with Gasteiger partial charge in [-0.15, -0.1) is 0 Å². The Morgan fingerprint density at radius 1 is 1.25 bits per heavy atom. The Morgan fingerprint density at radius 2 is 2.00 bits per heavy atom. The lowest BCUT2D eigenvalue weighted by Crippen LogP contribution is -2.32. The van der Waals surface area contributed by atoms with Crippen molar-refractivity contribution in [1.29, 1.82) is 0 Å². The third-order valence-electron chi connectivity index (χ3n) is 1.66. The molecule has 0 saturated carbocycles. The standard InChI is InChI=1S/C9H5NOS/c11-9-8(12)5-6-3-1-2-4-7(6)10-9/h1-5H. The molecule has 2 nitrogen and oxygen atoms in total. The molecule has 0 unspecified atom stereocenters. The molecule has 1 aliphatic rings. The van der Waals surface area contributed by atoms with Gasteiger partial charge < -0.3 is 0 Å². The molecule has 58 valence electrons. The van der Waals surface area contributed by atoms with E-state index in [4.69, 9.17) is 12.2 Å². The number of thiocarbonyl (C=S) groups is 1. The minimum Gasteiger partial charge on any atom is -0.266 e. The molecule has 1 amide bonds. The van der Waals surface area contributed by atoms with Crippen LogP contribution in [0.1, 0.15) is 0 Å². The molecule has 1 heterocycles. The summed E-state index contributed by atoms with van der Waals surface area (Å²) in [5.74, 6) is -0.316. The van der Waals surface area contributed by atoms with E-state index in [0.29, 0.717) is 5.36 Å². The third-order valence-corrected chi connectivity index (χ3v) is 1.95. The van der Waals surface area contributed by atoms with Crippen LogP contribution in [0.15, 0.2) is 29.3 Å². The van der Waals surface area contributed by atoms with Crippen molar-refractivity contribution in [3.63, 3.8) is 0 Å². The van der Waals surface area contributed by atoms with Crippen LogP contribution in [0.3, 0.4) is 0 Å². The van der Waals surface area contributed by atoms with Gasteiger partial charge in [-0.25, -0.2) is 4.99 Å². The van der Waals surface area contributed by atoms with E-state index in [1.807, 2.05) is 18.2 Å². The van der Waals surface area contributed by atoms with E-state index < -0.39 is 0 Å². The number of carbonyl (C=O) groups is 1. The predicted molar refractivity (Wildman–Crippen MR) is 49.3 cm³/mol. The van der Waals surface area contributed by atoms with Crippen LogP contribution in [0.4, 0.5) is 0 Å². The average Bonchev–Trinajstić information content (AvgIpc) is 2.07. The lowest BCUT2D eigenvalue weighted by molar-refractivity contribution is -0.111. The van der Waals surface area contributed by atoms with Gasteiger partial charge in [-0.2, -0.15) is 0 Å². The Labute approximate surface area is 74.2 Å². The van der Waals surface area contributed by atoms with E-state index in [1.54, 1.807) is 12.1 Å². The zero-order chi connectivity index (χ0) is 8.55. The van der Waals surface area contributed by atoms with Crippen molar-refractivity contribution in [3.8, 4) is 0 Å². The minimum atomic E-state index is -0.316. The molecule has 12 heavy (non-hydrogen) atoms. The van der Waals surface area contributed by atoms with Gasteiger partial charge in [-0.3, -0.25) is 4.79 Å². The van der Waals surface area contributed by atoms with Crippen LogP contribution in [-0.2, 0) is 4.79 Å². The summed E-state index contributed by atoms with van der Waals surface area (Å²) in [6.45, 7) is 0. The molecule has 1 aliphatic heterocycles. The van der Waals surface area contributed by atoms with E-state index in [0.717, 1.165) is 5.22 Å². The van der Waals surface area contributed by atoms with E-state index in [-0.39, 0.29) is 10.8 Å². The largest absolute Gasteiger partial charge is 0.288 e. The summed E-state index contributed by atoms with van der Waals surface area (Å²) >= 11 is 4.81. The van der Waals surface area contributed by atoms with E-state index in [2.05, 4.69) is 4.99 Å². The van der Waals surface area contributed by atoms with Gasteiger partial charge in [0, 0.05) is 5.22 Å². The first kappa shape index (κ1) is 7.31. The highest BCUT2D eigenvalue weighted by Gasteiger charge is 2.07. The van der Waals surface area contributed by atoms with Gasteiger partial charge in [0.1, 0.15) is 4.86 Å². The van der Waals surface area contributed by atoms with E-state index in [1.165, 1.54) is 0 Å². The van der Waals surface area contributed by atoms with Crippen LogP contribution >= 0.6 is 12.2 Å². The Kier molecular flexibility index (Phi) is 1.59. The molecule has 2 rings (SSSR count).